The van der Waals surface area contributed by atoms with Crippen LogP contribution in [0.4, 0.5) is 16.2 Å². The number of nitrogens with one attached hydrogen (secondary N) is 2. The Hall–Kier alpha value is -3.24. The Morgan fingerprint density at radius 2 is 1.79 bits per heavy atom. The van der Waals surface area contributed by atoms with Gasteiger partial charge in [0.15, 0.2) is 0 Å². The van der Waals surface area contributed by atoms with E-state index in [-0.39, 0.29) is 12.0 Å². The quantitative estimate of drug-likeness (QED) is 0.124. The van der Waals surface area contributed by atoms with Crippen molar-refractivity contribution < 1.29 is 19.1 Å². The summed E-state index contributed by atoms with van der Waals surface area (Å²) in [6.45, 7) is 1.92. The summed E-state index contributed by atoms with van der Waals surface area (Å²) >= 11 is -1.09. The molecule has 2 amide bonds. The second-order valence-corrected chi connectivity index (χ2v) is 14.9. The maximum absolute atomic E-state index is 12.8. The van der Waals surface area contributed by atoms with Crippen LogP contribution in [0.1, 0.15) is 35.2 Å². The number of aryl methyl sites for hydroxylation is 1. The molecule has 3 aromatic rings. The summed E-state index contributed by atoms with van der Waals surface area (Å²) in [4.78, 5) is 40.8. The van der Waals surface area contributed by atoms with Crippen molar-refractivity contribution in [2.24, 2.45) is 0 Å². The van der Waals surface area contributed by atoms with Crippen molar-refractivity contribution in [3.8, 4) is 11.1 Å². The normalized spacial score (nSPS) is 15.8. The number of benzene rings is 3. The molecular weight excluding hydrogens is 593 g/mol. The fourth-order valence-electron chi connectivity index (χ4n) is 4.43. The van der Waals surface area contributed by atoms with Crippen LogP contribution in [0.15, 0.2) is 72.8 Å². The summed E-state index contributed by atoms with van der Waals surface area (Å²) in [5, 5.41) is 5.83. The molecule has 4 rings (SSSR count). The Kier molecular flexibility index (Phi) is 9.89. The Morgan fingerprint density at radius 1 is 1.03 bits per heavy atom. The zero-order valence-electron chi connectivity index (χ0n) is 21.8. The second kappa shape index (κ2) is 13.5. The van der Waals surface area contributed by atoms with Crippen LogP contribution in [0, 0.1) is 0 Å². The van der Waals surface area contributed by atoms with E-state index in [1.165, 1.54) is 0 Å². The van der Waals surface area contributed by atoms with Gasteiger partial charge in [0, 0.05) is 11.3 Å². The van der Waals surface area contributed by atoms with Crippen molar-refractivity contribution in [2.45, 2.75) is 31.8 Å². The number of rotatable bonds is 9. The first-order valence-electron chi connectivity index (χ1n) is 12.7. The van der Waals surface area contributed by atoms with Crippen LogP contribution in [0.3, 0.4) is 0 Å². The number of ether oxygens (including phenoxy) is 1. The van der Waals surface area contributed by atoms with Crippen molar-refractivity contribution in [3.05, 3.63) is 83.9 Å². The van der Waals surface area contributed by atoms with Gasteiger partial charge in [-0.3, -0.25) is 9.59 Å². The molecule has 1 saturated heterocycles. The molecule has 8 heteroatoms. The van der Waals surface area contributed by atoms with Gasteiger partial charge in [-0.05, 0) is 24.3 Å². The molecule has 1 heterocycles. The molecule has 200 valence electrons. The van der Waals surface area contributed by atoms with E-state index in [0.29, 0.717) is 29.8 Å². The number of alkyl halides is 2. The number of amides is 2. The number of halogens is 1. The third kappa shape index (κ3) is 7.88. The second-order valence-electron chi connectivity index (χ2n) is 9.41. The van der Waals surface area contributed by atoms with Crippen LogP contribution < -0.4 is 10.6 Å². The summed E-state index contributed by atoms with van der Waals surface area (Å²) in [5.41, 5.74) is 4.73. The number of hydrogen-bond acceptors (Lipinski definition) is 5. The van der Waals surface area contributed by atoms with Gasteiger partial charge >= 0.3 is 170 Å². The number of nitrogens with zero attached hydrogens (tertiary/aromatic N) is 1. The summed E-state index contributed by atoms with van der Waals surface area (Å²) in [5.74, 6) is -0.109. The Morgan fingerprint density at radius 3 is 2.50 bits per heavy atom. The molecule has 1 atom stereocenters. The minimum atomic E-state index is -1.09. The first-order valence-corrected chi connectivity index (χ1v) is 18.0. The van der Waals surface area contributed by atoms with E-state index in [1.807, 2.05) is 48.5 Å². The molecule has 38 heavy (non-hydrogen) atoms. The Labute approximate surface area is 231 Å². The molecular formula is C30H34IN3O4. The van der Waals surface area contributed by atoms with E-state index in [4.69, 9.17) is 4.74 Å². The summed E-state index contributed by atoms with van der Waals surface area (Å²) in [6.07, 6.45) is 3.03. The molecule has 0 bridgehead atoms. The van der Waals surface area contributed by atoms with E-state index < -0.39 is 26.2 Å². The summed E-state index contributed by atoms with van der Waals surface area (Å²) < 4.78 is 8.30. The van der Waals surface area contributed by atoms with E-state index in [2.05, 4.69) is 23.6 Å². The van der Waals surface area contributed by atoms with Crippen LogP contribution in [0.25, 0.3) is 11.1 Å². The zero-order chi connectivity index (χ0) is 26.9. The van der Waals surface area contributed by atoms with Crippen LogP contribution in [-0.2, 0) is 16.0 Å². The van der Waals surface area contributed by atoms with Gasteiger partial charge in [0.2, 0.25) is 5.91 Å². The zero-order valence-corrected chi connectivity index (χ0v) is 23.9. The van der Waals surface area contributed by atoms with Gasteiger partial charge < -0.3 is 5.32 Å². The standard InChI is InChI=1S/C30H34IN3O4/c1-31(2)34-18-6-9-26(20-34)38-30(37)33-28-16-12-22(19-27(28)24-7-4-3-5-8-24)13-17-29(36)32-25-14-10-23(21-35)11-15-25/h3-5,7-8,10-12,14-16,19,21,26H,6,9,13,17-18,20H2,1-2H3,(H,32,36)(H,33,37). The molecule has 1 fully saturated rings. The molecule has 0 aliphatic carbocycles. The molecule has 0 spiro atoms. The number of hydrogen-bond donors (Lipinski definition) is 2. The first kappa shape index (κ1) is 27.8. The summed E-state index contributed by atoms with van der Waals surface area (Å²) in [7, 11) is 0. The topological polar surface area (TPSA) is 87.7 Å². The van der Waals surface area contributed by atoms with Crippen molar-refractivity contribution in [3.63, 3.8) is 0 Å². The molecule has 1 aliphatic heterocycles. The van der Waals surface area contributed by atoms with Crippen molar-refractivity contribution in [1.29, 1.82) is 0 Å². The van der Waals surface area contributed by atoms with Crippen molar-refractivity contribution in [1.82, 2.24) is 3.11 Å². The average molecular weight is 628 g/mol. The van der Waals surface area contributed by atoms with Crippen molar-refractivity contribution in [2.75, 3.05) is 33.6 Å². The van der Waals surface area contributed by atoms with Crippen LogP contribution in [0.2, 0.25) is 0 Å². The third-order valence-corrected chi connectivity index (χ3v) is 10.1. The molecule has 1 aliphatic rings. The van der Waals surface area contributed by atoms with Gasteiger partial charge in [-0.15, -0.1) is 0 Å². The van der Waals surface area contributed by atoms with E-state index in [1.54, 1.807) is 24.3 Å². The maximum atomic E-state index is 12.8. The predicted molar refractivity (Wildman–Crippen MR) is 161 cm³/mol. The molecule has 7 nitrogen and oxygen atoms in total. The minimum absolute atomic E-state index is 0.0870. The number of carbonyl (C=O) groups is 3. The number of carbonyl (C=O) groups excluding carboxylic acids is 3. The fourth-order valence-corrected chi connectivity index (χ4v) is 6.96. The van der Waals surface area contributed by atoms with Gasteiger partial charge in [0.1, 0.15) is 6.29 Å². The third-order valence-electron chi connectivity index (χ3n) is 6.46. The molecule has 0 radical (unpaired) electrons. The van der Waals surface area contributed by atoms with E-state index in [0.717, 1.165) is 48.9 Å². The number of anilines is 2. The van der Waals surface area contributed by atoms with Crippen LogP contribution >= 0.6 is 20.1 Å². The molecule has 0 aromatic heterocycles. The summed E-state index contributed by atoms with van der Waals surface area (Å²) in [6, 6.07) is 22.5. The van der Waals surface area contributed by atoms with Crippen LogP contribution in [0.5, 0.6) is 0 Å². The average Bonchev–Trinajstić information content (AvgIpc) is 2.93. The van der Waals surface area contributed by atoms with E-state index in [9.17, 15) is 14.4 Å². The van der Waals surface area contributed by atoms with Crippen LogP contribution in [-0.4, -0.2) is 50.5 Å². The Bertz CT molecular complexity index is 1250. The molecule has 1 unspecified atom stereocenters. The SMILES string of the molecule is CI(C)N1CCCC(OC(=O)Nc2ccc(CCC(=O)Nc3ccc(C=O)cc3)cc2-c2ccccc2)C1. The van der Waals surface area contributed by atoms with Gasteiger partial charge in [0.25, 0.3) is 0 Å². The molecule has 3 aromatic carbocycles. The van der Waals surface area contributed by atoms with E-state index >= 15 is 0 Å². The molecule has 2 N–H and O–H groups in total. The van der Waals surface area contributed by atoms with Crippen molar-refractivity contribution >= 4 is 49.8 Å². The predicted octanol–water partition coefficient (Wildman–Crippen LogP) is 6.43. The van der Waals surface area contributed by atoms with Gasteiger partial charge in [-0.25, -0.2) is 0 Å². The first-order chi connectivity index (χ1) is 18.4. The number of aldehydes is 1. The monoisotopic (exact) mass is 627 g/mol. The Balaban J connectivity index is 1.41. The molecule has 0 saturated carbocycles. The van der Waals surface area contributed by atoms with Gasteiger partial charge in [-0.2, -0.15) is 0 Å². The van der Waals surface area contributed by atoms with Gasteiger partial charge in [-0.1, -0.05) is 0 Å². The van der Waals surface area contributed by atoms with Gasteiger partial charge in [0.05, 0.1) is 0 Å². The number of piperidine rings is 1. The fraction of sp³-hybridized carbons (Fsp3) is 0.300.